The van der Waals surface area contributed by atoms with Crippen LogP contribution in [-0.2, 0) is 12.8 Å². The van der Waals surface area contributed by atoms with Gasteiger partial charge in [0.2, 0.25) is 0 Å². The van der Waals surface area contributed by atoms with Crippen LogP contribution in [0.5, 0.6) is 5.75 Å². The van der Waals surface area contributed by atoms with E-state index in [1.807, 2.05) is 30.5 Å². The third-order valence-electron chi connectivity index (χ3n) is 6.02. The maximum Gasteiger partial charge on any atom is 0.419 e. The summed E-state index contributed by atoms with van der Waals surface area (Å²) in [5.74, 6) is 4.87. The first-order chi connectivity index (χ1) is 18.3. The highest BCUT2D eigenvalue weighted by Gasteiger charge is 2.34. The zero-order valence-corrected chi connectivity index (χ0v) is 19.8. The Morgan fingerprint density at radius 1 is 0.895 bits per heavy atom. The van der Waals surface area contributed by atoms with E-state index >= 15 is 0 Å². The standard InChI is InChI=1S/C31H20F3NO3/c32-31(33,34)26-6-1-2-7-28(26)38-19-21-10-8-20(9-11-21)12-13-23-4-3-5-25(30(36)37)29(23)24-15-14-22-16-17-35-27(22)18-24/h1-11,14-18,35H,19H2,(H,36,37). The van der Waals surface area contributed by atoms with Crippen LogP contribution in [-0.4, -0.2) is 16.1 Å². The van der Waals surface area contributed by atoms with Crippen molar-refractivity contribution >= 4 is 16.9 Å². The molecule has 0 aliphatic rings. The van der Waals surface area contributed by atoms with Crippen molar-refractivity contribution in [2.24, 2.45) is 0 Å². The van der Waals surface area contributed by atoms with Crippen LogP contribution in [0, 0.1) is 11.8 Å². The lowest BCUT2D eigenvalue weighted by Gasteiger charge is -2.13. The number of hydrogen-bond acceptors (Lipinski definition) is 2. The number of H-pyrrole nitrogens is 1. The van der Waals surface area contributed by atoms with Crippen molar-refractivity contribution in [3.63, 3.8) is 0 Å². The average Bonchev–Trinajstić information content (AvgIpc) is 3.39. The lowest BCUT2D eigenvalue weighted by Crippen LogP contribution is -2.08. The third-order valence-corrected chi connectivity index (χ3v) is 6.02. The third kappa shape index (κ3) is 5.25. The number of halogens is 3. The van der Waals surface area contributed by atoms with Gasteiger partial charge in [-0.3, -0.25) is 0 Å². The number of hydrogen-bond donors (Lipinski definition) is 2. The molecule has 0 radical (unpaired) electrons. The highest BCUT2D eigenvalue weighted by Crippen LogP contribution is 2.36. The lowest BCUT2D eigenvalue weighted by molar-refractivity contribution is -0.139. The number of aromatic amines is 1. The van der Waals surface area contributed by atoms with Crippen LogP contribution in [0.25, 0.3) is 22.0 Å². The molecule has 4 nitrogen and oxygen atoms in total. The van der Waals surface area contributed by atoms with Gasteiger partial charge in [-0.25, -0.2) is 4.79 Å². The van der Waals surface area contributed by atoms with Crippen LogP contribution >= 0.6 is 0 Å². The monoisotopic (exact) mass is 511 g/mol. The fourth-order valence-electron chi connectivity index (χ4n) is 4.16. The number of rotatable bonds is 5. The van der Waals surface area contributed by atoms with Gasteiger partial charge in [-0.1, -0.05) is 54.3 Å². The van der Waals surface area contributed by atoms with Crippen LogP contribution in [0.2, 0.25) is 0 Å². The maximum absolute atomic E-state index is 13.2. The van der Waals surface area contributed by atoms with Gasteiger partial charge in [0.05, 0.1) is 11.1 Å². The summed E-state index contributed by atoms with van der Waals surface area (Å²) in [7, 11) is 0. The topological polar surface area (TPSA) is 62.3 Å². The first kappa shape index (κ1) is 24.7. The van der Waals surface area contributed by atoms with Gasteiger partial charge in [0.15, 0.2) is 0 Å². The van der Waals surface area contributed by atoms with Gasteiger partial charge in [0, 0.05) is 28.4 Å². The van der Waals surface area contributed by atoms with Crippen molar-refractivity contribution in [3.8, 4) is 28.7 Å². The number of carbonyl (C=O) groups is 1. The summed E-state index contributed by atoms with van der Waals surface area (Å²) in [6.07, 6.45) is -2.68. The number of aromatic nitrogens is 1. The minimum absolute atomic E-state index is 0.0349. The molecule has 0 aliphatic carbocycles. The highest BCUT2D eigenvalue weighted by molar-refractivity contribution is 5.99. The van der Waals surface area contributed by atoms with Gasteiger partial charge < -0.3 is 14.8 Å². The number of alkyl halides is 3. The van der Waals surface area contributed by atoms with E-state index in [9.17, 15) is 23.1 Å². The first-order valence-corrected chi connectivity index (χ1v) is 11.6. The molecule has 0 bridgehead atoms. The molecule has 0 atom stereocenters. The number of aromatic carboxylic acids is 1. The van der Waals surface area contributed by atoms with Crippen LogP contribution in [0.15, 0.2) is 97.2 Å². The predicted molar refractivity (Wildman–Crippen MR) is 139 cm³/mol. The Morgan fingerprint density at radius 3 is 2.45 bits per heavy atom. The Kier molecular flexibility index (Phi) is 6.63. The molecule has 188 valence electrons. The molecule has 7 heteroatoms. The number of ether oxygens (including phenoxy) is 1. The average molecular weight is 511 g/mol. The van der Waals surface area contributed by atoms with Crippen molar-refractivity contribution in [1.82, 2.24) is 4.98 Å². The van der Waals surface area contributed by atoms with Crippen molar-refractivity contribution in [1.29, 1.82) is 0 Å². The molecule has 1 heterocycles. The molecule has 0 saturated carbocycles. The number of benzene rings is 4. The Morgan fingerprint density at radius 2 is 1.68 bits per heavy atom. The van der Waals surface area contributed by atoms with E-state index in [1.165, 1.54) is 18.2 Å². The number of nitrogens with one attached hydrogen (secondary N) is 1. The Balaban J connectivity index is 1.40. The molecular formula is C31H20F3NO3. The summed E-state index contributed by atoms with van der Waals surface area (Å²) < 4.78 is 45.0. The fraction of sp³-hybridized carbons (Fsp3) is 0.0645. The van der Waals surface area contributed by atoms with Gasteiger partial charge in [-0.15, -0.1) is 0 Å². The molecule has 2 N–H and O–H groups in total. The molecule has 0 unspecified atom stereocenters. The molecule has 0 amide bonds. The minimum atomic E-state index is -4.50. The van der Waals surface area contributed by atoms with Gasteiger partial charge in [0.1, 0.15) is 12.4 Å². The normalized spacial score (nSPS) is 11.1. The quantitative estimate of drug-likeness (QED) is 0.240. The molecule has 0 aliphatic heterocycles. The maximum atomic E-state index is 13.2. The molecular weight excluding hydrogens is 491 g/mol. The van der Waals surface area contributed by atoms with E-state index < -0.39 is 17.7 Å². The largest absolute Gasteiger partial charge is 0.488 e. The predicted octanol–water partition coefficient (Wildman–Crippen LogP) is 7.53. The van der Waals surface area contributed by atoms with Crippen LogP contribution in [0.1, 0.15) is 32.6 Å². The molecule has 4 aromatic carbocycles. The molecule has 38 heavy (non-hydrogen) atoms. The molecule has 0 saturated heterocycles. The van der Waals surface area contributed by atoms with Crippen molar-refractivity contribution in [2.45, 2.75) is 12.8 Å². The summed E-state index contributed by atoms with van der Waals surface area (Å²) >= 11 is 0. The van der Waals surface area contributed by atoms with Crippen LogP contribution < -0.4 is 4.74 Å². The molecule has 5 aromatic rings. The van der Waals surface area contributed by atoms with E-state index in [4.69, 9.17) is 4.74 Å². The van der Waals surface area contributed by atoms with E-state index in [0.717, 1.165) is 22.5 Å². The van der Waals surface area contributed by atoms with E-state index in [1.54, 1.807) is 42.5 Å². The smallest absolute Gasteiger partial charge is 0.419 e. The molecule has 0 spiro atoms. The zero-order chi connectivity index (χ0) is 26.7. The Bertz CT molecular complexity index is 1690. The van der Waals surface area contributed by atoms with Crippen molar-refractivity contribution < 1.29 is 27.8 Å². The summed E-state index contributed by atoms with van der Waals surface area (Å²) in [6.45, 7) is -0.0349. The van der Waals surface area contributed by atoms with Crippen LogP contribution in [0.3, 0.4) is 0 Å². The SMILES string of the molecule is O=C(O)c1cccc(C#Cc2ccc(COc3ccccc3C(F)(F)F)cc2)c1-c1ccc2cc[nH]c2c1. The molecule has 0 fully saturated rings. The second-order valence-corrected chi connectivity index (χ2v) is 8.54. The Labute approximate surface area is 216 Å². The number of para-hydroxylation sites is 1. The number of carboxylic acids is 1. The van der Waals surface area contributed by atoms with Crippen molar-refractivity contribution in [3.05, 3.63) is 125 Å². The fourth-order valence-corrected chi connectivity index (χ4v) is 4.16. The van der Waals surface area contributed by atoms with Gasteiger partial charge >= 0.3 is 12.1 Å². The van der Waals surface area contributed by atoms with Gasteiger partial charge in [-0.2, -0.15) is 13.2 Å². The van der Waals surface area contributed by atoms with Crippen molar-refractivity contribution in [2.75, 3.05) is 0 Å². The van der Waals surface area contributed by atoms with E-state index in [-0.39, 0.29) is 17.9 Å². The highest BCUT2D eigenvalue weighted by atomic mass is 19.4. The number of fused-ring (bicyclic) bond motifs is 1. The second-order valence-electron chi connectivity index (χ2n) is 8.54. The second kappa shape index (κ2) is 10.2. The van der Waals surface area contributed by atoms with Crippen LogP contribution in [0.4, 0.5) is 13.2 Å². The van der Waals surface area contributed by atoms with E-state index in [0.29, 0.717) is 22.3 Å². The lowest BCUT2D eigenvalue weighted by atomic mass is 9.93. The number of carboxylic acid groups (broad SMARTS) is 1. The summed E-state index contributed by atoms with van der Waals surface area (Å²) in [5, 5.41) is 10.8. The molecule has 1 aromatic heterocycles. The molecule has 5 rings (SSSR count). The summed E-state index contributed by atoms with van der Waals surface area (Å²) in [5.41, 5.74) is 3.37. The van der Waals surface area contributed by atoms with Gasteiger partial charge in [0.25, 0.3) is 0 Å². The Hall–Kier alpha value is -4.96. The summed E-state index contributed by atoms with van der Waals surface area (Å²) in [4.78, 5) is 15.1. The zero-order valence-electron chi connectivity index (χ0n) is 19.8. The first-order valence-electron chi connectivity index (χ1n) is 11.6. The van der Waals surface area contributed by atoms with E-state index in [2.05, 4.69) is 16.8 Å². The van der Waals surface area contributed by atoms with Gasteiger partial charge in [-0.05, 0) is 65.0 Å². The minimum Gasteiger partial charge on any atom is -0.488 e. The summed E-state index contributed by atoms with van der Waals surface area (Å²) in [6, 6.07) is 24.6.